The number of rotatable bonds is 0. The Labute approximate surface area is 127 Å². The maximum Gasteiger partial charge on any atom is 0.139 e. The number of carbonyl (C=O) groups is 1. The van der Waals surface area contributed by atoms with E-state index in [1.807, 2.05) is 0 Å². The Hall–Kier alpha value is -0.820. The van der Waals surface area contributed by atoms with Crippen molar-refractivity contribution in [2.45, 2.75) is 51.4 Å². The highest BCUT2D eigenvalue weighted by atomic mass is 35.5. The second kappa shape index (κ2) is 4.87. The molecule has 2 saturated carbocycles. The first-order valence-electron chi connectivity index (χ1n) is 7.81. The standard InChI is InChI=1S/C18H22O.ClH/c1-18-11-10-14-13-5-3-2-4-12(13)6-7-15(14)16(18)8-9-17(18)19;/h2-5,14-16H,6-11H2,1H3;1H/t14-,15-,16+,18+;/m1./s1. The largest absolute Gasteiger partial charge is 0.299 e. The van der Waals surface area contributed by atoms with Gasteiger partial charge in [-0.2, -0.15) is 0 Å². The fourth-order valence-electron chi connectivity index (χ4n) is 5.29. The zero-order valence-corrected chi connectivity index (χ0v) is 12.9. The zero-order chi connectivity index (χ0) is 13.0. The lowest BCUT2D eigenvalue weighted by molar-refractivity contribution is -0.129. The minimum absolute atomic E-state index is 0. The number of carbonyl (C=O) groups excluding carboxylic acids is 1. The normalized spacial score (nSPS) is 38.5. The van der Waals surface area contributed by atoms with E-state index in [1.54, 1.807) is 11.1 Å². The topological polar surface area (TPSA) is 17.1 Å². The third-order valence-electron chi connectivity index (χ3n) is 6.35. The fourth-order valence-corrected chi connectivity index (χ4v) is 5.29. The first-order valence-corrected chi connectivity index (χ1v) is 7.81. The molecule has 1 nitrogen and oxygen atoms in total. The second-order valence-corrected chi connectivity index (χ2v) is 7.03. The van der Waals surface area contributed by atoms with Crippen molar-refractivity contribution in [2.24, 2.45) is 17.3 Å². The molecular formula is C18H23ClO. The van der Waals surface area contributed by atoms with Gasteiger partial charge in [-0.25, -0.2) is 0 Å². The third-order valence-corrected chi connectivity index (χ3v) is 6.35. The van der Waals surface area contributed by atoms with Gasteiger partial charge in [0, 0.05) is 11.8 Å². The van der Waals surface area contributed by atoms with Gasteiger partial charge in [0.15, 0.2) is 0 Å². The summed E-state index contributed by atoms with van der Waals surface area (Å²) in [5.74, 6) is 2.70. The number of hydrogen-bond donors (Lipinski definition) is 0. The van der Waals surface area contributed by atoms with Crippen molar-refractivity contribution in [1.82, 2.24) is 0 Å². The summed E-state index contributed by atoms with van der Waals surface area (Å²) in [7, 11) is 0. The summed E-state index contributed by atoms with van der Waals surface area (Å²) in [5, 5.41) is 0. The molecule has 1 aromatic carbocycles. The lowest BCUT2D eigenvalue weighted by Gasteiger charge is -2.48. The molecule has 2 fully saturated rings. The molecule has 4 rings (SSSR count). The van der Waals surface area contributed by atoms with Gasteiger partial charge in [0.2, 0.25) is 0 Å². The van der Waals surface area contributed by atoms with Crippen LogP contribution in [0.1, 0.15) is 56.1 Å². The molecule has 2 heteroatoms. The monoisotopic (exact) mass is 290 g/mol. The Balaban J connectivity index is 0.00000121. The molecule has 0 saturated heterocycles. The molecule has 0 radical (unpaired) electrons. The fraction of sp³-hybridized carbons (Fsp3) is 0.611. The Morgan fingerprint density at radius 2 is 1.90 bits per heavy atom. The van der Waals surface area contributed by atoms with Crippen LogP contribution in [0.25, 0.3) is 0 Å². The molecule has 3 aliphatic rings. The minimum Gasteiger partial charge on any atom is -0.299 e. The highest BCUT2D eigenvalue weighted by molar-refractivity contribution is 5.87. The average Bonchev–Trinajstić information content (AvgIpc) is 2.75. The van der Waals surface area contributed by atoms with Crippen LogP contribution in [0.5, 0.6) is 0 Å². The van der Waals surface area contributed by atoms with Gasteiger partial charge in [-0.15, -0.1) is 12.4 Å². The summed E-state index contributed by atoms with van der Waals surface area (Å²) in [6.07, 6.45) is 6.85. The molecule has 0 aliphatic heterocycles. The van der Waals surface area contributed by atoms with E-state index >= 15 is 0 Å². The quantitative estimate of drug-likeness (QED) is 0.686. The molecule has 0 amide bonds. The summed E-state index contributed by atoms with van der Waals surface area (Å²) in [4.78, 5) is 12.3. The Morgan fingerprint density at radius 1 is 1.10 bits per heavy atom. The van der Waals surface area contributed by atoms with Crippen molar-refractivity contribution in [2.75, 3.05) is 0 Å². The van der Waals surface area contributed by atoms with Crippen LogP contribution in [0, 0.1) is 17.3 Å². The van der Waals surface area contributed by atoms with Gasteiger partial charge in [0.1, 0.15) is 5.78 Å². The average molecular weight is 291 g/mol. The molecule has 0 aromatic heterocycles. The van der Waals surface area contributed by atoms with Crippen molar-refractivity contribution < 1.29 is 4.79 Å². The molecule has 3 aliphatic carbocycles. The summed E-state index contributed by atoms with van der Waals surface area (Å²) in [6.45, 7) is 2.25. The summed E-state index contributed by atoms with van der Waals surface area (Å²) in [6, 6.07) is 9.00. The first kappa shape index (κ1) is 14.1. The number of benzene rings is 1. The Bertz CT molecular complexity index is 538. The van der Waals surface area contributed by atoms with Gasteiger partial charge >= 0.3 is 0 Å². The van der Waals surface area contributed by atoms with Gasteiger partial charge in [0.05, 0.1) is 0 Å². The van der Waals surface area contributed by atoms with Gasteiger partial charge < -0.3 is 0 Å². The van der Waals surface area contributed by atoms with Crippen molar-refractivity contribution in [3.63, 3.8) is 0 Å². The lowest BCUT2D eigenvalue weighted by atomic mass is 9.55. The minimum atomic E-state index is 0. The predicted octanol–water partition coefficient (Wildman–Crippen LogP) is 4.53. The second-order valence-electron chi connectivity index (χ2n) is 7.03. The van der Waals surface area contributed by atoms with Crippen LogP contribution < -0.4 is 0 Å². The maximum atomic E-state index is 12.3. The van der Waals surface area contributed by atoms with Gasteiger partial charge in [-0.05, 0) is 61.0 Å². The third kappa shape index (κ3) is 1.79. The molecule has 0 unspecified atom stereocenters. The highest BCUT2D eigenvalue weighted by Gasteiger charge is 2.54. The van der Waals surface area contributed by atoms with E-state index in [2.05, 4.69) is 31.2 Å². The predicted molar refractivity (Wildman–Crippen MR) is 83.3 cm³/mol. The van der Waals surface area contributed by atoms with Crippen molar-refractivity contribution >= 4 is 18.2 Å². The SMILES string of the molecule is C[C@]12CC[C@@H]3c4ccccc4CC[C@H]3[C@@H]1CCC2=O.Cl. The van der Waals surface area contributed by atoms with E-state index in [9.17, 15) is 4.79 Å². The van der Waals surface area contributed by atoms with Crippen LogP contribution in [0.15, 0.2) is 24.3 Å². The zero-order valence-electron chi connectivity index (χ0n) is 12.1. The van der Waals surface area contributed by atoms with E-state index in [1.165, 1.54) is 19.3 Å². The van der Waals surface area contributed by atoms with Crippen LogP contribution in [0.4, 0.5) is 0 Å². The Kier molecular flexibility index (Phi) is 3.44. The number of hydrogen-bond acceptors (Lipinski definition) is 1. The van der Waals surface area contributed by atoms with E-state index in [-0.39, 0.29) is 17.8 Å². The van der Waals surface area contributed by atoms with Crippen LogP contribution in [0.2, 0.25) is 0 Å². The summed E-state index contributed by atoms with van der Waals surface area (Å²) in [5.41, 5.74) is 3.19. The molecular weight excluding hydrogens is 268 g/mol. The van der Waals surface area contributed by atoms with Crippen LogP contribution >= 0.6 is 12.4 Å². The Morgan fingerprint density at radius 3 is 2.75 bits per heavy atom. The number of ketones is 1. The molecule has 20 heavy (non-hydrogen) atoms. The maximum absolute atomic E-state index is 12.3. The van der Waals surface area contributed by atoms with Gasteiger partial charge in [0.25, 0.3) is 0 Å². The first-order chi connectivity index (χ1) is 9.20. The number of halogens is 1. The summed E-state index contributed by atoms with van der Waals surface area (Å²) < 4.78 is 0. The molecule has 0 bridgehead atoms. The van der Waals surface area contributed by atoms with E-state index in [4.69, 9.17) is 0 Å². The summed E-state index contributed by atoms with van der Waals surface area (Å²) >= 11 is 0. The number of Topliss-reactive ketones (excluding diaryl/α,β-unsaturated/α-hetero) is 1. The van der Waals surface area contributed by atoms with Gasteiger partial charge in [-0.1, -0.05) is 31.2 Å². The van der Waals surface area contributed by atoms with Crippen LogP contribution in [-0.4, -0.2) is 5.78 Å². The van der Waals surface area contributed by atoms with Crippen LogP contribution in [-0.2, 0) is 11.2 Å². The number of aryl methyl sites for hydroxylation is 1. The molecule has 4 atom stereocenters. The van der Waals surface area contributed by atoms with Gasteiger partial charge in [-0.3, -0.25) is 4.79 Å². The van der Waals surface area contributed by atoms with E-state index in [0.29, 0.717) is 11.7 Å². The van der Waals surface area contributed by atoms with E-state index < -0.39 is 0 Å². The van der Waals surface area contributed by atoms with Crippen LogP contribution in [0.3, 0.4) is 0 Å². The lowest BCUT2D eigenvalue weighted by Crippen LogP contribution is -2.42. The van der Waals surface area contributed by atoms with Crippen molar-refractivity contribution in [3.8, 4) is 0 Å². The molecule has 108 valence electrons. The molecule has 0 heterocycles. The molecule has 1 aromatic rings. The smallest absolute Gasteiger partial charge is 0.139 e. The molecule has 0 N–H and O–H groups in total. The van der Waals surface area contributed by atoms with E-state index in [0.717, 1.165) is 31.1 Å². The number of fused-ring (bicyclic) bond motifs is 5. The molecule has 0 spiro atoms. The van der Waals surface area contributed by atoms with Crippen molar-refractivity contribution in [1.29, 1.82) is 0 Å². The van der Waals surface area contributed by atoms with Crippen molar-refractivity contribution in [3.05, 3.63) is 35.4 Å². The highest BCUT2D eigenvalue weighted by Crippen LogP contribution is 2.59.